The van der Waals surface area contributed by atoms with Gasteiger partial charge in [-0.25, -0.2) is 0 Å². The van der Waals surface area contributed by atoms with E-state index in [4.69, 9.17) is 4.74 Å². The van der Waals surface area contributed by atoms with Gasteiger partial charge in [-0.05, 0) is 30.5 Å². The third-order valence-corrected chi connectivity index (χ3v) is 6.09. The minimum absolute atomic E-state index is 0.0792. The Kier molecular flexibility index (Phi) is 7.60. The second-order valence-corrected chi connectivity index (χ2v) is 10.1. The van der Waals surface area contributed by atoms with Gasteiger partial charge in [-0.2, -0.15) is 0 Å². The summed E-state index contributed by atoms with van der Waals surface area (Å²) in [5.74, 6) is 0.998. The quantitative estimate of drug-likeness (QED) is 0.628. The van der Waals surface area contributed by atoms with Crippen LogP contribution in [0.5, 0.6) is 5.75 Å². The second-order valence-electron chi connectivity index (χ2n) is 10.1. The number of benzene rings is 2. The average Bonchev–Trinajstić information content (AvgIpc) is 2.78. The summed E-state index contributed by atoms with van der Waals surface area (Å²) in [4.78, 5) is 30.0. The van der Waals surface area contributed by atoms with Crippen LogP contribution < -0.4 is 4.74 Å². The molecule has 0 unspecified atom stereocenters. The minimum Gasteiger partial charge on any atom is -0.493 e. The lowest BCUT2D eigenvalue weighted by Crippen LogP contribution is -2.53. The maximum Gasteiger partial charge on any atom is 0.227 e. The number of ether oxygens (including phenoxy) is 1. The Balaban J connectivity index is 1.76. The number of nitrogens with zero attached hydrogens (tertiary/aromatic N) is 2. The van der Waals surface area contributed by atoms with Gasteiger partial charge < -0.3 is 14.5 Å². The largest absolute Gasteiger partial charge is 0.493 e. The Morgan fingerprint density at radius 2 is 1.66 bits per heavy atom. The van der Waals surface area contributed by atoms with E-state index in [1.54, 1.807) is 4.90 Å². The topological polar surface area (TPSA) is 49.9 Å². The zero-order chi connectivity index (χ0) is 23.2. The van der Waals surface area contributed by atoms with Crippen molar-refractivity contribution in [1.29, 1.82) is 0 Å². The molecule has 1 aliphatic rings. The molecule has 0 N–H and O–H groups in total. The fourth-order valence-electron chi connectivity index (χ4n) is 4.32. The summed E-state index contributed by atoms with van der Waals surface area (Å²) >= 11 is 0. The highest BCUT2D eigenvalue weighted by molar-refractivity contribution is 5.82. The van der Waals surface area contributed by atoms with Crippen molar-refractivity contribution in [2.75, 3.05) is 26.7 Å². The summed E-state index contributed by atoms with van der Waals surface area (Å²) < 4.78 is 6.15. The van der Waals surface area contributed by atoms with Gasteiger partial charge in [0.1, 0.15) is 5.75 Å². The predicted molar refractivity (Wildman–Crippen MR) is 127 cm³/mol. The number of carbonyl (C=O) groups excluding carboxylic acids is 2. The molecule has 172 valence electrons. The minimum atomic E-state index is -0.447. The number of carbonyl (C=O) groups is 2. The second kappa shape index (κ2) is 10.2. The predicted octanol–water partition coefficient (Wildman–Crippen LogP) is 4.77. The summed E-state index contributed by atoms with van der Waals surface area (Å²) in [6, 6.07) is 19.7. The molecule has 0 spiro atoms. The van der Waals surface area contributed by atoms with Gasteiger partial charge in [0.2, 0.25) is 11.8 Å². The Morgan fingerprint density at radius 1 is 1.03 bits per heavy atom. The lowest BCUT2D eigenvalue weighted by atomic mass is 9.76. The SMILES string of the molecule is CN(Cc1ccccc1)C(=O)C[C@@]1(COc2ccccc2)CCCN(C(=O)C(C)(C)C)C1. The standard InChI is InChI=1S/C27H36N2O3/c1-26(2,3)25(31)29-17-11-16-27(20-29,21-32-23-14-9-6-10-15-23)18-24(30)28(4)19-22-12-7-5-8-13-22/h5-10,12-15H,11,16-21H2,1-4H3/t27-/m0/s1. The number of rotatable bonds is 7. The van der Waals surface area contributed by atoms with E-state index < -0.39 is 10.8 Å². The van der Waals surface area contributed by atoms with Crippen LogP contribution >= 0.6 is 0 Å². The van der Waals surface area contributed by atoms with Crippen LogP contribution in [0.3, 0.4) is 0 Å². The first-order chi connectivity index (χ1) is 15.2. The monoisotopic (exact) mass is 436 g/mol. The van der Waals surface area contributed by atoms with Crippen LogP contribution in [0.4, 0.5) is 0 Å². The van der Waals surface area contributed by atoms with Gasteiger partial charge in [0.05, 0.1) is 6.61 Å². The van der Waals surface area contributed by atoms with E-state index in [0.29, 0.717) is 26.1 Å². The molecule has 2 aromatic carbocycles. The number of piperidine rings is 1. The van der Waals surface area contributed by atoms with Crippen molar-refractivity contribution in [1.82, 2.24) is 9.80 Å². The number of para-hydroxylation sites is 1. The average molecular weight is 437 g/mol. The van der Waals surface area contributed by atoms with Crippen molar-refractivity contribution in [2.24, 2.45) is 10.8 Å². The van der Waals surface area contributed by atoms with Crippen LogP contribution in [-0.4, -0.2) is 48.4 Å². The highest BCUT2D eigenvalue weighted by Gasteiger charge is 2.42. The van der Waals surface area contributed by atoms with Gasteiger partial charge in [0.25, 0.3) is 0 Å². The van der Waals surface area contributed by atoms with E-state index in [0.717, 1.165) is 30.7 Å². The van der Waals surface area contributed by atoms with Gasteiger partial charge in [-0.1, -0.05) is 69.3 Å². The number of likely N-dealkylation sites (tertiary alicyclic amines) is 1. The van der Waals surface area contributed by atoms with Crippen LogP contribution in [0.25, 0.3) is 0 Å². The Labute approximate surface area is 192 Å². The van der Waals surface area contributed by atoms with Gasteiger partial charge in [-0.3, -0.25) is 9.59 Å². The summed E-state index contributed by atoms with van der Waals surface area (Å²) in [5, 5.41) is 0. The molecule has 1 saturated heterocycles. The molecule has 5 nitrogen and oxygen atoms in total. The number of hydrogen-bond donors (Lipinski definition) is 0. The lowest BCUT2D eigenvalue weighted by Gasteiger charge is -2.44. The van der Waals surface area contributed by atoms with Gasteiger partial charge >= 0.3 is 0 Å². The van der Waals surface area contributed by atoms with Crippen LogP contribution in [0.2, 0.25) is 0 Å². The van der Waals surface area contributed by atoms with Crippen molar-refractivity contribution >= 4 is 11.8 Å². The van der Waals surface area contributed by atoms with E-state index in [1.165, 1.54) is 0 Å². The molecule has 1 aliphatic heterocycles. The van der Waals surface area contributed by atoms with E-state index in [1.807, 2.05) is 93.4 Å². The van der Waals surface area contributed by atoms with Gasteiger partial charge in [-0.15, -0.1) is 0 Å². The first kappa shape index (κ1) is 23.8. The van der Waals surface area contributed by atoms with Crippen LogP contribution in [0.1, 0.15) is 45.6 Å². The third-order valence-electron chi connectivity index (χ3n) is 6.09. The molecule has 0 aromatic heterocycles. The van der Waals surface area contributed by atoms with Gasteiger partial charge in [0, 0.05) is 43.9 Å². The fourth-order valence-corrected chi connectivity index (χ4v) is 4.32. The first-order valence-corrected chi connectivity index (χ1v) is 11.4. The number of hydrogen-bond acceptors (Lipinski definition) is 3. The van der Waals surface area contributed by atoms with Crippen molar-refractivity contribution in [3.63, 3.8) is 0 Å². The molecule has 2 amide bonds. The van der Waals surface area contributed by atoms with Crippen molar-refractivity contribution in [3.05, 3.63) is 66.2 Å². The summed E-state index contributed by atoms with van der Waals surface area (Å²) in [5.41, 5.74) is 0.250. The molecular weight excluding hydrogens is 400 g/mol. The van der Waals surface area contributed by atoms with Crippen LogP contribution in [0, 0.1) is 10.8 Å². The van der Waals surface area contributed by atoms with Gasteiger partial charge in [0.15, 0.2) is 0 Å². The van der Waals surface area contributed by atoms with E-state index in [-0.39, 0.29) is 11.8 Å². The van der Waals surface area contributed by atoms with E-state index >= 15 is 0 Å². The molecule has 2 aromatic rings. The van der Waals surface area contributed by atoms with Crippen molar-refractivity contribution in [2.45, 2.75) is 46.6 Å². The molecule has 1 fully saturated rings. The highest BCUT2D eigenvalue weighted by Crippen LogP contribution is 2.36. The molecule has 3 rings (SSSR count). The third kappa shape index (κ3) is 6.35. The molecule has 0 saturated carbocycles. The van der Waals surface area contributed by atoms with Crippen LogP contribution in [0.15, 0.2) is 60.7 Å². The normalized spacial score (nSPS) is 18.8. The van der Waals surface area contributed by atoms with E-state index in [9.17, 15) is 9.59 Å². The summed E-state index contributed by atoms with van der Waals surface area (Å²) in [6.07, 6.45) is 2.09. The molecule has 0 radical (unpaired) electrons. The summed E-state index contributed by atoms with van der Waals surface area (Å²) in [6.45, 7) is 8.11. The van der Waals surface area contributed by atoms with Crippen LogP contribution in [-0.2, 0) is 16.1 Å². The number of amides is 2. The maximum atomic E-state index is 13.3. The zero-order valence-electron chi connectivity index (χ0n) is 19.8. The first-order valence-electron chi connectivity index (χ1n) is 11.4. The fraction of sp³-hybridized carbons (Fsp3) is 0.481. The molecular formula is C27H36N2O3. The Morgan fingerprint density at radius 3 is 2.28 bits per heavy atom. The molecule has 32 heavy (non-hydrogen) atoms. The Bertz CT molecular complexity index is 892. The highest BCUT2D eigenvalue weighted by atomic mass is 16.5. The zero-order valence-corrected chi connectivity index (χ0v) is 19.8. The molecule has 5 heteroatoms. The molecule has 1 heterocycles. The van der Waals surface area contributed by atoms with Crippen molar-refractivity contribution in [3.8, 4) is 5.75 Å². The van der Waals surface area contributed by atoms with E-state index in [2.05, 4.69) is 0 Å². The Hall–Kier alpha value is -2.82. The summed E-state index contributed by atoms with van der Waals surface area (Å²) in [7, 11) is 1.85. The smallest absolute Gasteiger partial charge is 0.227 e. The lowest BCUT2D eigenvalue weighted by molar-refractivity contribution is -0.146. The molecule has 1 atom stereocenters. The van der Waals surface area contributed by atoms with Crippen molar-refractivity contribution < 1.29 is 14.3 Å². The molecule has 0 aliphatic carbocycles. The maximum absolute atomic E-state index is 13.3. The molecule has 0 bridgehead atoms.